The Morgan fingerprint density at radius 1 is 1.12 bits per heavy atom. The van der Waals surface area contributed by atoms with E-state index in [1.165, 1.54) is 23.9 Å². The summed E-state index contributed by atoms with van der Waals surface area (Å²) in [5, 5.41) is 3.75. The lowest BCUT2D eigenvalue weighted by atomic mass is 9.97. The first-order valence-electron chi connectivity index (χ1n) is 11.8. The van der Waals surface area contributed by atoms with Crippen LogP contribution in [0.2, 0.25) is 0 Å². The zero-order chi connectivity index (χ0) is 23.1. The molecule has 0 amide bonds. The van der Waals surface area contributed by atoms with Gasteiger partial charge in [-0.15, -0.1) is 0 Å². The van der Waals surface area contributed by atoms with Crippen molar-refractivity contribution in [3.8, 4) is 11.5 Å². The first-order valence-corrected chi connectivity index (χ1v) is 12.8. The lowest BCUT2D eigenvalue weighted by Gasteiger charge is -2.39. The van der Waals surface area contributed by atoms with Crippen LogP contribution in [0.15, 0.2) is 40.4 Å². The SMILES string of the molecule is COc1cnc2ncc(=O)n(CCN3[C@@H]4CC[C@@H]3CC(NCc3cc5c(cn3)OCS5)C4)c2c1. The molecule has 2 atom stereocenters. The minimum atomic E-state index is -0.100. The smallest absolute Gasteiger partial charge is 0.269 e. The molecular weight excluding hydrogens is 452 g/mol. The second kappa shape index (κ2) is 9.16. The van der Waals surface area contributed by atoms with Gasteiger partial charge in [0.1, 0.15) is 11.7 Å². The van der Waals surface area contributed by atoms with Crippen molar-refractivity contribution in [2.75, 3.05) is 19.6 Å². The molecule has 0 unspecified atom stereocenters. The van der Waals surface area contributed by atoms with E-state index in [1.807, 2.05) is 12.3 Å². The van der Waals surface area contributed by atoms with Crippen LogP contribution in [0.25, 0.3) is 11.2 Å². The van der Waals surface area contributed by atoms with E-state index >= 15 is 0 Å². The number of ether oxygens (including phenoxy) is 2. The van der Waals surface area contributed by atoms with E-state index in [-0.39, 0.29) is 5.56 Å². The van der Waals surface area contributed by atoms with Gasteiger partial charge in [0.2, 0.25) is 0 Å². The van der Waals surface area contributed by atoms with Gasteiger partial charge in [-0.2, -0.15) is 0 Å². The number of thioether (sulfide) groups is 1. The van der Waals surface area contributed by atoms with Crippen molar-refractivity contribution in [3.05, 3.63) is 46.8 Å². The highest BCUT2D eigenvalue weighted by Crippen LogP contribution is 2.37. The average Bonchev–Trinajstić information content (AvgIpc) is 3.42. The van der Waals surface area contributed by atoms with Gasteiger partial charge in [0, 0.05) is 43.8 Å². The van der Waals surface area contributed by atoms with E-state index < -0.39 is 0 Å². The van der Waals surface area contributed by atoms with Crippen molar-refractivity contribution in [1.82, 2.24) is 29.7 Å². The summed E-state index contributed by atoms with van der Waals surface area (Å²) in [6, 6.07) is 5.57. The van der Waals surface area contributed by atoms with Crippen LogP contribution >= 0.6 is 11.8 Å². The van der Waals surface area contributed by atoms with Crippen molar-refractivity contribution >= 4 is 22.9 Å². The number of methoxy groups -OCH3 is 1. The lowest BCUT2D eigenvalue weighted by molar-refractivity contribution is 0.112. The lowest BCUT2D eigenvalue weighted by Crippen LogP contribution is -2.50. The molecule has 0 radical (unpaired) electrons. The number of hydrogen-bond acceptors (Lipinski definition) is 9. The minimum absolute atomic E-state index is 0.100. The van der Waals surface area contributed by atoms with Crippen LogP contribution in [0.3, 0.4) is 0 Å². The minimum Gasteiger partial charge on any atom is -0.495 e. The van der Waals surface area contributed by atoms with Crippen molar-refractivity contribution in [1.29, 1.82) is 0 Å². The van der Waals surface area contributed by atoms with Gasteiger partial charge in [-0.1, -0.05) is 11.8 Å². The van der Waals surface area contributed by atoms with Crippen molar-refractivity contribution in [3.63, 3.8) is 0 Å². The molecule has 178 valence electrons. The van der Waals surface area contributed by atoms with Gasteiger partial charge in [0.25, 0.3) is 5.56 Å². The Bertz CT molecular complexity index is 1250. The second-order valence-electron chi connectivity index (χ2n) is 9.17. The number of rotatable bonds is 7. The number of hydrogen-bond donors (Lipinski definition) is 1. The van der Waals surface area contributed by atoms with E-state index in [0.717, 1.165) is 42.9 Å². The van der Waals surface area contributed by atoms with Gasteiger partial charge < -0.3 is 19.4 Å². The molecule has 6 heterocycles. The van der Waals surface area contributed by atoms with Crippen LogP contribution in [-0.2, 0) is 13.1 Å². The fraction of sp³-hybridized carbons (Fsp3) is 0.500. The van der Waals surface area contributed by atoms with Gasteiger partial charge in [-0.05, 0) is 31.7 Å². The Morgan fingerprint density at radius 3 is 2.76 bits per heavy atom. The number of nitrogens with one attached hydrogen (secondary N) is 1. The first-order chi connectivity index (χ1) is 16.7. The fourth-order valence-electron chi connectivity index (χ4n) is 5.58. The topological polar surface area (TPSA) is 94.4 Å². The molecule has 3 aromatic rings. The predicted octanol–water partition coefficient (Wildman–Crippen LogP) is 2.42. The average molecular weight is 481 g/mol. The third kappa shape index (κ3) is 4.14. The highest BCUT2D eigenvalue weighted by atomic mass is 32.2. The quantitative estimate of drug-likeness (QED) is 0.547. The number of fused-ring (bicyclic) bond motifs is 4. The van der Waals surface area contributed by atoms with Gasteiger partial charge in [0.05, 0.1) is 41.8 Å². The molecule has 3 aromatic heterocycles. The van der Waals surface area contributed by atoms with E-state index in [9.17, 15) is 4.79 Å². The molecular formula is C24H28N6O3S. The molecule has 9 nitrogen and oxygen atoms in total. The van der Waals surface area contributed by atoms with E-state index in [2.05, 4.69) is 31.2 Å². The van der Waals surface area contributed by atoms with Crippen molar-refractivity contribution in [2.24, 2.45) is 0 Å². The number of aromatic nitrogens is 4. The molecule has 3 aliphatic rings. The molecule has 34 heavy (non-hydrogen) atoms. The van der Waals surface area contributed by atoms with Crippen LogP contribution in [0.5, 0.6) is 11.5 Å². The molecule has 0 aliphatic carbocycles. The maximum Gasteiger partial charge on any atom is 0.269 e. The van der Waals surface area contributed by atoms with Gasteiger partial charge in [-0.3, -0.25) is 14.7 Å². The summed E-state index contributed by atoms with van der Waals surface area (Å²) in [4.78, 5) is 29.5. The second-order valence-corrected chi connectivity index (χ2v) is 10.1. The molecule has 10 heteroatoms. The van der Waals surface area contributed by atoms with E-state index in [0.29, 0.717) is 42.0 Å². The van der Waals surface area contributed by atoms with Crippen LogP contribution in [0, 0.1) is 0 Å². The molecule has 0 spiro atoms. The van der Waals surface area contributed by atoms with Gasteiger partial charge in [0.15, 0.2) is 11.4 Å². The Balaban J connectivity index is 1.10. The molecule has 3 aliphatic heterocycles. The molecule has 2 bridgehead atoms. The normalized spacial score (nSPS) is 23.7. The Labute approximate surface area is 201 Å². The molecule has 6 rings (SSSR count). The summed E-state index contributed by atoms with van der Waals surface area (Å²) in [7, 11) is 1.60. The number of pyridine rings is 2. The van der Waals surface area contributed by atoms with Crippen LogP contribution in [0.4, 0.5) is 0 Å². The summed E-state index contributed by atoms with van der Waals surface area (Å²) >= 11 is 1.73. The standard InChI is InChI=1S/C24H28N6O3S/c1-32-19-9-20-24(27-11-19)28-13-23(31)30(20)5-4-29-17-2-3-18(29)7-15(6-17)25-10-16-8-22-21(12-26-16)33-14-34-22/h8-9,11-13,15,17-18,25H,2-7,10,14H2,1H3/t17-,18-/m1/s1. The zero-order valence-electron chi connectivity index (χ0n) is 19.1. The summed E-state index contributed by atoms with van der Waals surface area (Å²) in [5.74, 6) is 2.21. The summed E-state index contributed by atoms with van der Waals surface area (Å²) in [6.07, 6.45) is 9.53. The van der Waals surface area contributed by atoms with Crippen molar-refractivity contribution in [2.45, 2.75) is 61.8 Å². The molecule has 0 aromatic carbocycles. The van der Waals surface area contributed by atoms with E-state index in [1.54, 1.807) is 29.6 Å². The molecule has 0 saturated carbocycles. The Morgan fingerprint density at radius 2 is 1.94 bits per heavy atom. The van der Waals surface area contributed by atoms with Crippen molar-refractivity contribution < 1.29 is 9.47 Å². The Hall–Kier alpha value is -2.69. The third-order valence-corrected chi connectivity index (χ3v) is 8.13. The van der Waals surface area contributed by atoms with Gasteiger partial charge in [-0.25, -0.2) is 9.97 Å². The van der Waals surface area contributed by atoms with Gasteiger partial charge >= 0.3 is 0 Å². The van der Waals surface area contributed by atoms with Crippen LogP contribution in [-0.4, -0.2) is 62.1 Å². The number of nitrogens with zero attached hydrogens (tertiary/aromatic N) is 5. The first kappa shape index (κ1) is 21.8. The number of piperidine rings is 1. The summed E-state index contributed by atoms with van der Waals surface area (Å²) in [6.45, 7) is 2.25. The molecule has 2 saturated heterocycles. The van der Waals surface area contributed by atoms with Crippen LogP contribution in [0.1, 0.15) is 31.4 Å². The van der Waals surface area contributed by atoms with E-state index in [4.69, 9.17) is 9.47 Å². The summed E-state index contributed by atoms with van der Waals surface area (Å²) in [5.41, 5.74) is 2.26. The largest absolute Gasteiger partial charge is 0.495 e. The highest BCUT2D eigenvalue weighted by molar-refractivity contribution is 7.99. The molecule has 2 fully saturated rings. The predicted molar refractivity (Wildman–Crippen MR) is 129 cm³/mol. The zero-order valence-corrected chi connectivity index (χ0v) is 20.0. The van der Waals surface area contributed by atoms with Crippen LogP contribution < -0.4 is 20.3 Å². The Kier molecular flexibility index (Phi) is 5.88. The fourth-order valence-corrected chi connectivity index (χ4v) is 6.37. The molecule has 1 N–H and O–H groups in total. The highest BCUT2D eigenvalue weighted by Gasteiger charge is 2.40. The summed E-state index contributed by atoms with van der Waals surface area (Å²) < 4.78 is 12.6. The third-order valence-electron chi connectivity index (χ3n) is 7.27. The monoisotopic (exact) mass is 480 g/mol. The maximum atomic E-state index is 12.6. The maximum absolute atomic E-state index is 12.6.